The molecule has 1 aromatic carbocycles. The maximum absolute atomic E-state index is 13.5. The lowest BCUT2D eigenvalue weighted by atomic mass is 9.59. The van der Waals surface area contributed by atoms with Gasteiger partial charge in [-0.2, -0.15) is 10.2 Å². The fourth-order valence-corrected chi connectivity index (χ4v) is 5.43. The summed E-state index contributed by atoms with van der Waals surface area (Å²) in [4.78, 5) is 15.9. The Morgan fingerprint density at radius 3 is 2.79 bits per heavy atom. The summed E-state index contributed by atoms with van der Waals surface area (Å²) in [5.74, 6) is 0.265. The highest BCUT2D eigenvalue weighted by Gasteiger charge is 2.53. The molecule has 1 unspecified atom stereocenters. The van der Waals surface area contributed by atoms with Crippen molar-refractivity contribution in [2.75, 3.05) is 18.0 Å². The summed E-state index contributed by atoms with van der Waals surface area (Å²) >= 11 is 0. The van der Waals surface area contributed by atoms with Gasteiger partial charge in [-0.15, -0.1) is 0 Å². The van der Waals surface area contributed by atoms with Crippen molar-refractivity contribution < 1.29 is 4.79 Å². The number of nitrogens with one attached hydrogen (secondary N) is 1. The van der Waals surface area contributed by atoms with Crippen molar-refractivity contribution in [3.63, 3.8) is 0 Å². The maximum atomic E-state index is 13.5. The Morgan fingerprint density at radius 2 is 2.07 bits per heavy atom. The molecule has 0 amide bonds. The Labute approximate surface area is 166 Å². The van der Waals surface area contributed by atoms with Gasteiger partial charge in [0.25, 0.3) is 0 Å². The molecule has 4 aliphatic rings. The molecule has 1 aliphatic carbocycles. The minimum atomic E-state index is -0.441. The van der Waals surface area contributed by atoms with Gasteiger partial charge in [0.2, 0.25) is 0 Å². The number of fused-ring (bicyclic) bond motifs is 1. The van der Waals surface area contributed by atoms with Crippen LogP contribution in [0.25, 0.3) is 0 Å². The van der Waals surface area contributed by atoms with Gasteiger partial charge in [-0.1, -0.05) is 32.9 Å². The zero-order valence-electron chi connectivity index (χ0n) is 17.0. The largest absolute Gasteiger partial charge is 0.371 e. The molecular weight excluding hydrogens is 348 g/mol. The molecule has 0 spiro atoms. The second kappa shape index (κ2) is 6.03. The van der Waals surface area contributed by atoms with E-state index in [1.165, 1.54) is 17.7 Å². The monoisotopic (exact) mass is 376 g/mol. The lowest BCUT2D eigenvalue weighted by molar-refractivity contribution is -0.119. The molecule has 28 heavy (non-hydrogen) atoms. The standard InChI is InChI=1S/C23H28N4O/c1-4-23(15-7-5-8-16(11-15)27-9-6-10-27)17-14-24-26-21(17)25-18-12-22(2,3)13-19(28)20(18)23/h5,7-8,11,14,21,25H,4,6,9-10,12-13H2,1-3H3/t21?,23-/m1/s1. The van der Waals surface area contributed by atoms with E-state index in [1.807, 2.05) is 6.20 Å². The third-order valence-corrected chi connectivity index (χ3v) is 6.87. The van der Waals surface area contributed by atoms with Crippen LogP contribution in [0, 0.1) is 5.41 Å². The minimum absolute atomic E-state index is 0.0289. The number of nitrogens with zero attached hydrogens (tertiary/aromatic N) is 3. The summed E-state index contributed by atoms with van der Waals surface area (Å²) in [6.45, 7) is 8.77. The summed E-state index contributed by atoms with van der Waals surface area (Å²) in [7, 11) is 0. The first-order chi connectivity index (χ1) is 13.4. The van der Waals surface area contributed by atoms with Gasteiger partial charge < -0.3 is 10.2 Å². The number of benzene rings is 1. The predicted molar refractivity (Wildman–Crippen MR) is 110 cm³/mol. The molecule has 1 aromatic rings. The summed E-state index contributed by atoms with van der Waals surface area (Å²) in [5, 5.41) is 12.2. The van der Waals surface area contributed by atoms with Crippen LogP contribution in [0.1, 0.15) is 52.0 Å². The molecule has 2 atom stereocenters. The normalized spacial score (nSPS) is 30.4. The number of allylic oxidation sites excluding steroid dienone is 2. The van der Waals surface area contributed by atoms with E-state index in [-0.39, 0.29) is 17.4 Å². The van der Waals surface area contributed by atoms with E-state index >= 15 is 0 Å². The molecule has 3 aliphatic heterocycles. The van der Waals surface area contributed by atoms with Gasteiger partial charge in [0.15, 0.2) is 11.9 Å². The lowest BCUT2D eigenvalue weighted by Gasteiger charge is -2.48. The number of rotatable bonds is 3. The first-order valence-corrected chi connectivity index (χ1v) is 10.4. The topological polar surface area (TPSA) is 57.1 Å². The molecule has 5 rings (SSSR count). The Morgan fingerprint density at radius 1 is 1.25 bits per heavy atom. The first kappa shape index (κ1) is 17.7. The van der Waals surface area contributed by atoms with E-state index in [2.05, 4.69) is 65.5 Å². The maximum Gasteiger partial charge on any atom is 0.164 e. The van der Waals surface area contributed by atoms with Gasteiger partial charge in [0, 0.05) is 42.0 Å². The zero-order chi connectivity index (χ0) is 19.5. The number of hydrogen-bond donors (Lipinski definition) is 1. The summed E-state index contributed by atoms with van der Waals surface area (Å²) in [6.07, 6.45) is 5.27. The molecule has 5 nitrogen and oxygen atoms in total. The molecular formula is C23H28N4O. The van der Waals surface area contributed by atoms with Crippen LogP contribution in [0.4, 0.5) is 5.69 Å². The van der Waals surface area contributed by atoms with Crippen molar-refractivity contribution in [2.45, 2.75) is 58.0 Å². The Bertz CT molecular complexity index is 938. The van der Waals surface area contributed by atoms with E-state index in [1.54, 1.807) is 0 Å². The molecule has 0 bridgehead atoms. The van der Waals surface area contributed by atoms with E-state index in [0.717, 1.165) is 42.8 Å². The number of hydrogen-bond acceptors (Lipinski definition) is 5. The molecule has 0 saturated carbocycles. The number of carbonyl (C=O) groups is 1. The van der Waals surface area contributed by atoms with Crippen LogP contribution in [0.5, 0.6) is 0 Å². The number of azo groups is 1. The molecule has 1 N–H and O–H groups in total. The Kier molecular flexibility index (Phi) is 3.80. The quantitative estimate of drug-likeness (QED) is 0.847. The third-order valence-electron chi connectivity index (χ3n) is 6.87. The SMILES string of the molecule is CC[C@@]1(c2cccc(N3CCC3)c2)C2=CN=NC2NC2=C1C(=O)CC(C)(C)C2. The smallest absolute Gasteiger partial charge is 0.164 e. The number of Topliss-reactive ketones (excluding diaryl/α,β-unsaturated/α-hetero) is 1. The van der Waals surface area contributed by atoms with Gasteiger partial charge in [-0.25, -0.2) is 0 Å². The van der Waals surface area contributed by atoms with Crippen LogP contribution in [0.2, 0.25) is 0 Å². The van der Waals surface area contributed by atoms with E-state index in [0.29, 0.717) is 6.42 Å². The Hall–Kier alpha value is -2.43. The highest BCUT2D eigenvalue weighted by Crippen LogP contribution is 2.54. The molecule has 1 fully saturated rings. The summed E-state index contributed by atoms with van der Waals surface area (Å²) in [5.41, 5.74) is 5.12. The van der Waals surface area contributed by atoms with Crippen LogP contribution >= 0.6 is 0 Å². The average molecular weight is 377 g/mol. The van der Waals surface area contributed by atoms with Crippen LogP contribution in [0.3, 0.4) is 0 Å². The molecule has 0 radical (unpaired) electrons. The fourth-order valence-electron chi connectivity index (χ4n) is 5.43. The molecule has 0 aromatic heterocycles. The van der Waals surface area contributed by atoms with E-state index < -0.39 is 5.41 Å². The highest BCUT2D eigenvalue weighted by atomic mass is 16.1. The van der Waals surface area contributed by atoms with Crippen molar-refractivity contribution in [3.8, 4) is 0 Å². The number of ketones is 1. The van der Waals surface area contributed by atoms with Gasteiger partial charge in [0.1, 0.15) is 0 Å². The average Bonchev–Trinajstić information content (AvgIpc) is 3.06. The number of carbonyl (C=O) groups excluding carboxylic acids is 1. The first-order valence-electron chi connectivity index (χ1n) is 10.4. The second-order valence-corrected chi connectivity index (χ2v) is 9.31. The van der Waals surface area contributed by atoms with Crippen molar-refractivity contribution in [3.05, 3.63) is 52.9 Å². The lowest BCUT2D eigenvalue weighted by Crippen LogP contribution is -2.51. The molecule has 3 heterocycles. The molecule has 5 heteroatoms. The van der Waals surface area contributed by atoms with Crippen molar-refractivity contribution in [1.29, 1.82) is 0 Å². The van der Waals surface area contributed by atoms with E-state index in [9.17, 15) is 4.79 Å². The van der Waals surface area contributed by atoms with Crippen LogP contribution in [0.15, 0.2) is 57.5 Å². The predicted octanol–water partition coefficient (Wildman–Crippen LogP) is 4.47. The van der Waals surface area contributed by atoms with Crippen molar-refractivity contribution in [2.24, 2.45) is 15.6 Å². The van der Waals surface area contributed by atoms with Gasteiger partial charge in [-0.3, -0.25) is 4.79 Å². The highest BCUT2D eigenvalue weighted by molar-refractivity contribution is 6.01. The molecule has 1 saturated heterocycles. The zero-order valence-corrected chi connectivity index (χ0v) is 17.0. The minimum Gasteiger partial charge on any atom is -0.371 e. The van der Waals surface area contributed by atoms with Gasteiger partial charge in [0.05, 0.1) is 11.6 Å². The Balaban J connectivity index is 1.72. The summed E-state index contributed by atoms with van der Waals surface area (Å²) in [6, 6.07) is 8.80. The van der Waals surface area contributed by atoms with Crippen molar-refractivity contribution >= 4 is 11.5 Å². The van der Waals surface area contributed by atoms with E-state index in [4.69, 9.17) is 0 Å². The van der Waals surface area contributed by atoms with Gasteiger partial charge >= 0.3 is 0 Å². The fraction of sp³-hybridized carbons (Fsp3) is 0.522. The third kappa shape index (κ3) is 2.41. The van der Waals surface area contributed by atoms with Crippen LogP contribution in [-0.2, 0) is 10.2 Å². The van der Waals surface area contributed by atoms with Crippen molar-refractivity contribution in [1.82, 2.24) is 5.32 Å². The van der Waals surface area contributed by atoms with Crippen LogP contribution < -0.4 is 10.2 Å². The van der Waals surface area contributed by atoms with Crippen LogP contribution in [-0.4, -0.2) is 25.0 Å². The van der Waals surface area contributed by atoms with Gasteiger partial charge in [-0.05, 0) is 42.4 Å². The second-order valence-electron chi connectivity index (χ2n) is 9.31. The molecule has 146 valence electrons. The summed E-state index contributed by atoms with van der Waals surface area (Å²) < 4.78 is 0. The number of anilines is 1.